The molecule has 1 saturated heterocycles. The van der Waals surface area contributed by atoms with Crippen molar-refractivity contribution in [2.24, 2.45) is 0 Å². The third-order valence-corrected chi connectivity index (χ3v) is 4.80. The van der Waals surface area contributed by atoms with Crippen LogP contribution in [0.2, 0.25) is 0 Å². The fraction of sp³-hybridized carbons (Fsp3) is 0.278. The molecule has 1 aromatic heterocycles. The number of aromatic nitrogens is 1. The van der Waals surface area contributed by atoms with Gasteiger partial charge in [-0.3, -0.25) is 24.6 Å². The van der Waals surface area contributed by atoms with Crippen molar-refractivity contribution in [3.05, 3.63) is 46.7 Å². The van der Waals surface area contributed by atoms with Gasteiger partial charge < -0.3 is 10.1 Å². The zero-order valence-corrected chi connectivity index (χ0v) is 16.1. The zero-order valence-electron chi connectivity index (χ0n) is 15.3. The Morgan fingerprint density at radius 3 is 2.83 bits per heavy atom. The molecule has 2 N–H and O–H groups in total. The molecule has 2 aromatic rings. The van der Waals surface area contributed by atoms with Gasteiger partial charge in [-0.25, -0.2) is 14.2 Å². The molecule has 1 aliphatic rings. The van der Waals surface area contributed by atoms with Crippen molar-refractivity contribution in [1.29, 1.82) is 0 Å². The number of nitrogens with zero attached hydrogens (tertiary/aromatic N) is 2. The number of hydrogen-bond acceptors (Lipinski definition) is 7. The molecule has 29 heavy (non-hydrogen) atoms. The van der Waals surface area contributed by atoms with E-state index in [1.165, 1.54) is 31.2 Å². The van der Waals surface area contributed by atoms with Crippen molar-refractivity contribution in [3.8, 4) is 0 Å². The van der Waals surface area contributed by atoms with Crippen LogP contribution < -0.4 is 10.6 Å². The third kappa shape index (κ3) is 4.93. The number of ether oxygens (including phenoxy) is 1. The van der Waals surface area contributed by atoms with E-state index < -0.39 is 35.7 Å². The highest BCUT2D eigenvalue weighted by Crippen LogP contribution is 2.18. The molecule has 152 valence electrons. The van der Waals surface area contributed by atoms with E-state index >= 15 is 0 Å². The number of carbonyl (C=O) groups excluding carboxylic acids is 4. The summed E-state index contributed by atoms with van der Waals surface area (Å²) in [4.78, 5) is 52.8. The molecule has 1 fully saturated rings. The van der Waals surface area contributed by atoms with Crippen LogP contribution in [0, 0.1) is 5.82 Å². The average molecular weight is 420 g/mol. The Balaban J connectivity index is 1.53. The van der Waals surface area contributed by atoms with Gasteiger partial charge in [0.2, 0.25) is 0 Å². The Hall–Kier alpha value is -3.34. The Morgan fingerprint density at radius 1 is 1.38 bits per heavy atom. The van der Waals surface area contributed by atoms with E-state index in [2.05, 4.69) is 15.6 Å². The Kier molecular flexibility index (Phi) is 6.17. The second kappa shape index (κ2) is 8.78. The molecule has 1 atom stereocenters. The standard InChI is InChI=1S/C18H17FN4O5S/c1-10(16(26)23-7-6-20-18(23)27)28-14(24)8-11-9-29-17(21-11)22-15(25)12-4-2-3-5-13(12)19/h2-5,9-10H,6-8H2,1H3,(H,20,27)(H,21,22,25)/t10-/m0/s1. The van der Waals surface area contributed by atoms with E-state index in [1.54, 1.807) is 5.38 Å². The van der Waals surface area contributed by atoms with Gasteiger partial charge in [-0.2, -0.15) is 0 Å². The summed E-state index contributed by atoms with van der Waals surface area (Å²) >= 11 is 1.06. The van der Waals surface area contributed by atoms with Gasteiger partial charge in [0.15, 0.2) is 11.2 Å². The summed E-state index contributed by atoms with van der Waals surface area (Å²) in [7, 11) is 0. The van der Waals surface area contributed by atoms with Gasteiger partial charge in [0, 0.05) is 18.5 Å². The van der Waals surface area contributed by atoms with Crippen LogP contribution in [-0.4, -0.2) is 52.9 Å². The topological polar surface area (TPSA) is 118 Å². The predicted octanol–water partition coefficient (Wildman–Crippen LogP) is 1.56. The molecule has 3 rings (SSSR count). The number of urea groups is 1. The summed E-state index contributed by atoms with van der Waals surface area (Å²) < 4.78 is 18.7. The lowest BCUT2D eigenvalue weighted by molar-refractivity contribution is -0.156. The molecule has 0 aliphatic carbocycles. The number of carbonyl (C=O) groups is 4. The lowest BCUT2D eigenvalue weighted by atomic mass is 10.2. The third-order valence-electron chi connectivity index (χ3n) is 3.99. The Labute approximate surface area is 168 Å². The van der Waals surface area contributed by atoms with Crippen LogP contribution in [-0.2, 0) is 20.7 Å². The molecule has 11 heteroatoms. The molecular formula is C18H17FN4O5S. The molecule has 1 aliphatic heterocycles. The van der Waals surface area contributed by atoms with Gasteiger partial charge in [0.1, 0.15) is 5.82 Å². The van der Waals surface area contributed by atoms with Gasteiger partial charge in [-0.15, -0.1) is 11.3 Å². The van der Waals surface area contributed by atoms with Crippen LogP contribution in [0.1, 0.15) is 23.0 Å². The van der Waals surface area contributed by atoms with Crippen molar-refractivity contribution in [2.45, 2.75) is 19.4 Å². The molecule has 9 nitrogen and oxygen atoms in total. The van der Waals surface area contributed by atoms with Gasteiger partial charge in [-0.05, 0) is 19.1 Å². The summed E-state index contributed by atoms with van der Waals surface area (Å²) in [5.41, 5.74) is 0.198. The minimum absolute atomic E-state index is 0.123. The first-order valence-electron chi connectivity index (χ1n) is 8.64. The van der Waals surface area contributed by atoms with Crippen molar-refractivity contribution in [2.75, 3.05) is 18.4 Å². The molecule has 0 unspecified atom stereocenters. The molecule has 0 bridgehead atoms. The summed E-state index contributed by atoms with van der Waals surface area (Å²) in [5, 5.41) is 6.69. The summed E-state index contributed by atoms with van der Waals surface area (Å²) in [6, 6.07) is 5.01. The summed E-state index contributed by atoms with van der Waals surface area (Å²) in [6.45, 7) is 1.95. The first-order chi connectivity index (χ1) is 13.8. The summed E-state index contributed by atoms with van der Waals surface area (Å²) in [5.74, 6) is -2.63. The first-order valence-corrected chi connectivity index (χ1v) is 9.52. The van der Waals surface area contributed by atoms with Gasteiger partial charge in [0.25, 0.3) is 11.8 Å². The van der Waals surface area contributed by atoms with E-state index in [-0.39, 0.29) is 23.7 Å². The maximum atomic E-state index is 13.6. The molecule has 1 aromatic carbocycles. The highest BCUT2D eigenvalue weighted by Gasteiger charge is 2.31. The molecule has 2 heterocycles. The van der Waals surface area contributed by atoms with Crippen LogP contribution in [0.3, 0.4) is 0 Å². The molecule has 0 saturated carbocycles. The number of anilines is 1. The fourth-order valence-corrected chi connectivity index (χ4v) is 3.30. The van der Waals surface area contributed by atoms with Crippen molar-refractivity contribution >= 4 is 40.3 Å². The van der Waals surface area contributed by atoms with E-state index in [1.807, 2.05) is 0 Å². The Bertz CT molecular complexity index is 963. The van der Waals surface area contributed by atoms with Crippen LogP contribution in [0.15, 0.2) is 29.6 Å². The largest absolute Gasteiger partial charge is 0.452 e. The Morgan fingerprint density at radius 2 is 2.14 bits per heavy atom. The lowest BCUT2D eigenvalue weighted by Crippen LogP contribution is -2.42. The SMILES string of the molecule is C[C@H](OC(=O)Cc1csc(NC(=O)c2ccccc2F)n1)C(=O)N1CCNC1=O. The monoisotopic (exact) mass is 420 g/mol. The second-order valence-corrected chi connectivity index (χ2v) is 6.97. The number of rotatable bonds is 6. The predicted molar refractivity (Wildman–Crippen MR) is 101 cm³/mol. The van der Waals surface area contributed by atoms with Crippen molar-refractivity contribution in [3.63, 3.8) is 0 Å². The number of nitrogens with one attached hydrogen (secondary N) is 2. The maximum absolute atomic E-state index is 13.6. The average Bonchev–Trinajstić information content (AvgIpc) is 3.29. The summed E-state index contributed by atoms with van der Waals surface area (Å²) in [6.07, 6.45) is -1.35. The normalized spacial score (nSPS) is 14.3. The molecule has 4 amide bonds. The number of hydrogen-bond donors (Lipinski definition) is 2. The van der Waals surface area contributed by atoms with Crippen LogP contribution in [0.4, 0.5) is 14.3 Å². The van der Waals surface area contributed by atoms with E-state index in [9.17, 15) is 23.6 Å². The lowest BCUT2D eigenvalue weighted by Gasteiger charge is -2.17. The van der Waals surface area contributed by atoms with Gasteiger partial charge >= 0.3 is 12.0 Å². The van der Waals surface area contributed by atoms with Crippen molar-refractivity contribution in [1.82, 2.24) is 15.2 Å². The number of thiazole rings is 1. The quantitative estimate of drug-likeness (QED) is 0.685. The maximum Gasteiger partial charge on any atom is 0.324 e. The van der Waals surface area contributed by atoms with Crippen LogP contribution >= 0.6 is 11.3 Å². The van der Waals surface area contributed by atoms with Gasteiger partial charge in [0.05, 0.1) is 17.7 Å². The highest BCUT2D eigenvalue weighted by atomic mass is 32.1. The number of benzene rings is 1. The zero-order chi connectivity index (χ0) is 21.0. The number of imide groups is 1. The highest BCUT2D eigenvalue weighted by molar-refractivity contribution is 7.14. The van der Waals surface area contributed by atoms with E-state index in [0.29, 0.717) is 12.2 Å². The van der Waals surface area contributed by atoms with E-state index in [4.69, 9.17) is 4.74 Å². The minimum Gasteiger partial charge on any atom is -0.452 e. The fourth-order valence-electron chi connectivity index (χ4n) is 2.59. The van der Waals surface area contributed by atoms with Crippen molar-refractivity contribution < 1.29 is 28.3 Å². The number of amides is 4. The molecule has 0 radical (unpaired) electrons. The second-order valence-electron chi connectivity index (χ2n) is 6.11. The molecule has 0 spiro atoms. The first kappa shape index (κ1) is 20.4. The number of halogens is 1. The number of esters is 1. The minimum atomic E-state index is -1.12. The van der Waals surface area contributed by atoms with Crippen LogP contribution in [0.5, 0.6) is 0 Å². The molecular weight excluding hydrogens is 403 g/mol. The van der Waals surface area contributed by atoms with Gasteiger partial charge in [-0.1, -0.05) is 12.1 Å². The van der Waals surface area contributed by atoms with Crippen LogP contribution in [0.25, 0.3) is 0 Å². The smallest absolute Gasteiger partial charge is 0.324 e. The van der Waals surface area contributed by atoms with E-state index in [0.717, 1.165) is 16.2 Å².